The summed E-state index contributed by atoms with van der Waals surface area (Å²) in [6.07, 6.45) is 2.61. The van der Waals surface area contributed by atoms with Gasteiger partial charge >= 0.3 is 0 Å². The second-order valence-electron chi connectivity index (χ2n) is 8.39. The van der Waals surface area contributed by atoms with E-state index in [0.717, 1.165) is 35.6 Å². The van der Waals surface area contributed by atoms with Crippen molar-refractivity contribution < 1.29 is 13.2 Å². The van der Waals surface area contributed by atoms with Crippen LogP contribution in [-0.2, 0) is 10.0 Å². The molecule has 0 bridgehead atoms. The molecule has 1 aliphatic rings. The molecule has 1 heterocycles. The molecule has 1 aliphatic heterocycles. The van der Waals surface area contributed by atoms with Crippen LogP contribution in [0, 0.1) is 0 Å². The third-order valence-corrected chi connectivity index (χ3v) is 7.56. The highest BCUT2D eigenvalue weighted by Gasteiger charge is 2.17. The SMILES string of the molecule is CC(CNS(=O)(=O)C(C)C)c1ccc(-c2ccc(OCCN3CCCC3)cc2)cc1.Cl. The van der Waals surface area contributed by atoms with Crippen LogP contribution in [0.3, 0.4) is 0 Å². The van der Waals surface area contributed by atoms with Gasteiger partial charge in [0.05, 0.1) is 5.25 Å². The maximum absolute atomic E-state index is 11.9. The van der Waals surface area contributed by atoms with E-state index in [1.165, 1.54) is 25.9 Å². The number of sulfonamides is 1. The Hall–Kier alpha value is -1.60. The summed E-state index contributed by atoms with van der Waals surface area (Å²) in [6.45, 7) is 9.93. The van der Waals surface area contributed by atoms with E-state index in [2.05, 4.69) is 46.0 Å². The molecule has 1 saturated heterocycles. The van der Waals surface area contributed by atoms with E-state index in [1.807, 2.05) is 19.1 Å². The van der Waals surface area contributed by atoms with E-state index in [0.29, 0.717) is 6.54 Å². The first-order chi connectivity index (χ1) is 14.3. The van der Waals surface area contributed by atoms with Crippen molar-refractivity contribution in [2.75, 3.05) is 32.8 Å². The van der Waals surface area contributed by atoms with Crippen molar-refractivity contribution in [3.05, 3.63) is 54.1 Å². The molecule has 3 rings (SSSR count). The first-order valence-electron chi connectivity index (χ1n) is 10.9. The van der Waals surface area contributed by atoms with Gasteiger partial charge in [0.2, 0.25) is 10.0 Å². The van der Waals surface area contributed by atoms with Crippen LogP contribution in [0.5, 0.6) is 5.75 Å². The van der Waals surface area contributed by atoms with Crippen LogP contribution in [-0.4, -0.2) is 51.4 Å². The highest BCUT2D eigenvalue weighted by molar-refractivity contribution is 7.90. The van der Waals surface area contributed by atoms with Gasteiger partial charge in [-0.2, -0.15) is 0 Å². The Balaban J connectivity index is 0.00000341. The molecule has 7 heteroatoms. The molecule has 2 aromatic carbocycles. The molecule has 0 saturated carbocycles. The van der Waals surface area contributed by atoms with Crippen LogP contribution in [0.4, 0.5) is 0 Å². The van der Waals surface area contributed by atoms with E-state index in [4.69, 9.17) is 4.74 Å². The molecular formula is C24H35ClN2O3S. The van der Waals surface area contributed by atoms with Gasteiger partial charge in [-0.1, -0.05) is 43.3 Å². The maximum Gasteiger partial charge on any atom is 0.213 e. The van der Waals surface area contributed by atoms with Gasteiger partial charge in [0.25, 0.3) is 0 Å². The second-order valence-corrected chi connectivity index (χ2v) is 10.7. The first-order valence-corrected chi connectivity index (χ1v) is 12.4. The fraction of sp³-hybridized carbons (Fsp3) is 0.500. The minimum Gasteiger partial charge on any atom is -0.492 e. The minimum absolute atomic E-state index is 0. The van der Waals surface area contributed by atoms with Crippen molar-refractivity contribution in [1.29, 1.82) is 0 Å². The highest BCUT2D eigenvalue weighted by atomic mass is 35.5. The predicted octanol–water partition coefficient (Wildman–Crippen LogP) is 4.68. The van der Waals surface area contributed by atoms with Crippen molar-refractivity contribution in [2.24, 2.45) is 0 Å². The Morgan fingerprint density at radius 3 is 2.03 bits per heavy atom. The van der Waals surface area contributed by atoms with Crippen molar-refractivity contribution >= 4 is 22.4 Å². The van der Waals surface area contributed by atoms with Gasteiger partial charge in [-0.05, 0) is 74.5 Å². The summed E-state index contributed by atoms with van der Waals surface area (Å²) < 4.78 is 32.5. The summed E-state index contributed by atoms with van der Waals surface area (Å²) in [4.78, 5) is 2.45. The second kappa shape index (κ2) is 11.9. The van der Waals surface area contributed by atoms with E-state index < -0.39 is 15.3 Å². The van der Waals surface area contributed by atoms with Crippen LogP contribution in [0.25, 0.3) is 11.1 Å². The maximum atomic E-state index is 11.9. The monoisotopic (exact) mass is 466 g/mol. The van der Waals surface area contributed by atoms with Crippen LogP contribution in [0.1, 0.15) is 45.1 Å². The number of rotatable bonds is 10. The Labute approximate surface area is 193 Å². The minimum atomic E-state index is -3.23. The van der Waals surface area contributed by atoms with Crippen LogP contribution >= 0.6 is 12.4 Å². The number of likely N-dealkylation sites (tertiary alicyclic amines) is 1. The summed E-state index contributed by atoms with van der Waals surface area (Å²) >= 11 is 0. The van der Waals surface area contributed by atoms with E-state index in [-0.39, 0.29) is 18.3 Å². The van der Waals surface area contributed by atoms with E-state index in [9.17, 15) is 8.42 Å². The number of nitrogens with one attached hydrogen (secondary N) is 1. The van der Waals surface area contributed by atoms with Gasteiger partial charge in [-0.15, -0.1) is 12.4 Å². The Morgan fingerprint density at radius 1 is 0.935 bits per heavy atom. The lowest BCUT2D eigenvalue weighted by Gasteiger charge is -2.16. The Kier molecular flexibility index (Phi) is 9.82. The van der Waals surface area contributed by atoms with Gasteiger partial charge < -0.3 is 4.74 Å². The lowest BCUT2D eigenvalue weighted by Crippen LogP contribution is -2.33. The summed E-state index contributed by atoms with van der Waals surface area (Å²) in [5.41, 5.74) is 3.39. The van der Waals surface area contributed by atoms with Gasteiger partial charge in [-0.25, -0.2) is 13.1 Å². The van der Waals surface area contributed by atoms with Gasteiger partial charge in [0, 0.05) is 13.1 Å². The lowest BCUT2D eigenvalue weighted by atomic mass is 9.98. The van der Waals surface area contributed by atoms with Crippen molar-refractivity contribution in [1.82, 2.24) is 9.62 Å². The third-order valence-electron chi connectivity index (χ3n) is 5.75. The fourth-order valence-electron chi connectivity index (χ4n) is 3.57. The number of hydrogen-bond acceptors (Lipinski definition) is 4. The van der Waals surface area contributed by atoms with Crippen molar-refractivity contribution in [3.8, 4) is 16.9 Å². The molecule has 1 atom stereocenters. The molecule has 0 aromatic heterocycles. The zero-order chi connectivity index (χ0) is 21.6. The van der Waals surface area contributed by atoms with Crippen molar-refractivity contribution in [3.63, 3.8) is 0 Å². The van der Waals surface area contributed by atoms with Gasteiger partial charge in [-0.3, -0.25) is 4.90 Å². The van der Waals surface area contributed by atoms with Crippen LogP contribution in [0.2, 0.25) is 0 Å². The molecular weight excluding hydrogens is 432 g/mol. The summed E-state index contributed by atoms with van der Waals surface area (Å²) in [7, 11) is -3.23. The van der Waals surface area contributed by atoms with Crippen molar-refractivity contribution in [2.45, 2.75) is 44.8 Å². The summed E-state index contributed by atoms with van der Waals surface area (Å²) in [5.74, 6) is 1.01. The average molecular weight is 467 g/mol. The number of benzene rings is 2. The normalized spacial score (nSPS) is 15.6. The molecule has 0 spiro atoms. The number of nitrogens with zero attached hydrogens (tertiary/aromatic N) is 1. The predicted molar refractivity (Wildman–Crippen MR) is 131 cm³/mol. The van der Waals surface area contributed by atoms with E-state index >= 15 is 0 Å². The quantitative estimate of drug-likeness (QED) is 0.552. The topological polar surface area (TPSA) is 58.6 Å². The number of hydrogen-bond donors (Lipinski definition) is 1. The molecule has 31 heavy (non-hydrogen) atoms. The van der Waals surface area contributed by atoms with Crippen LogP contribution < -0.4 is 9.46 Å². The molecule has 0 radical (unpaired) electrons. The number of ether oxygens (including phenoxy) is 1. The van der Waals surface area contributed by atoms with Crippen LogP contribution in [0.15, 0.2) is 48.5 Å². The molecule has 2 aromatic rings. The zero-order valence-electron chi connectivity index (χ0n) is 18.7. The fourth-order valence-corrected chi connectivity index (χ4v) is 4.39. The lowest BCUT2D eigenvalue weighted by molar-refractivity contribution is 0.238. The standard InChI is InChI=1S/C24H34N2O3S.ClH/c1-19(2)30(27,28)25-18-20(3)21-6-8-22(9-7-21)23-10-12-24(13-11-23)29-17-16-26-14-4-5-15-26;/h6-13,19-20,25H,4-5,14-18H2,1-3H3;1H. The molecule has 1 unspecified atom stereocenters. The van der Waals surface area contributed by atoms with Gasteiger partial charge in [0.15, 0.2) is 0 Å². The number of halogens is 1. The van der Waals surface area contributed by atoms with Gasteiger partial charge in [0.1, 0.15) is 12.4 Å². The first kappa shape index (κ1) is 25.7. The summed E-state index contributed by atoms with van der Waals surface area (Å²) in [5, 5.41) is -0.417. The smallest absolute Gasteiger partial charge is 0.213 e. The summed E-state index contributed by atoms with van der Waals surface area (Å²) in [6, 6.07) is 16.5. The molecule has 1 fully saturated rings. The molecule has 5 nitrogen and oxygen atoms in total. The molecule has 0 aliphatic carbocycles. The highest BCUT2D eigenvalue weighted by Crippen LogP contribution is 2.25. The molecule has 1 N–H and O–H groups in total. The Morgan fingerprint density at radius 2 is 1.48 bits per heavy atom. The van der Waals surface area contributed by atoms with E-state index in [1.54, 1.807) is 13.8 Å². The zero-order valence-corrected chi connectivity index (χ0v) is 20.3. The molecule has 172 valence electrons. The Bertz CT molecular complexity index is 893. The largest absolute Gasteiger partial charge is 0.492 e. The molecule has 0 amide bonds. The average Bonchev–Trinajstić information content (AvgIpc) is 3.26. The third kappa shape index (κ3) is 7.49.